The number of fused-ring (bicyclic) bond motifs is 2. The summed E-state index contributed by atoms with van der Waals surface area (Å²) in [7, 11) is 4.48. The van der Waals surface area contributed by atoms with Crippen molar-refractivity contribution in [1.82, 2.24) is 24.6 Å². The lowest BCUT2D eigenvalue weighted by molar-refractivity contribution is -0.140. The molecule has 0 spiro atoms. The first kappa shape index (κ1) is 27.3. The fraction of sp³-hybridized carbons (Fsp3) is 0.400. The maximum Gasteiger partial charge on any atom is 0.416 e. The number of carbonyl (C=O) groups excluding carboxylic acids is 2. The SMILES string of the molecule is COc1nc2c(c(N3CCC(=O)n4nc(C(=O)N(C)C)cc4C3)n1)COC(c1c(C(F)(F)F)ccc(N)c1F)C2. The summed E-state index contributed by atoms with van der Waals surface area (Å²) in [4.78, 5) is 37.1. The van der Waals surface area contributed by atoms with Crippen LogP contribution in [0.4, 0.5) is 29.1 Å². The summed E-state index contributed by atoms with van der Waals surface area (Å²) >= 11 is 0. The zero-order chi connectivity index (χ0) is 28.9. The van der Waals surface area contributed by atoms with E-state index in [1.807, 2.05) is 0 Å². The molecule has 0 radical (unpaired) electrons. The van der Waals surface area contributed by atoms with E-state index in [4.69, 9.17) is 15.2 Å². The van der Waals surface area contributed by atoms with Gasteiger partial charge in [0.25, 0.3) is 5.91 Å². The van der Waals surface area contributed by atoms with Crippen LogP contribution < -0.4 is 15.4 Å². The predicted octanol–water partition coefficient (Wildman–Crippen LogP) is 2.99. The van der Waals surface area contributed by atoms with Crippen molar-refractivity contribution in [1.29, 1.82) is 0 Å². The van der Waals surface area contributed by atoms with Crippen molar-refractivity contribution in [3.63, 3.8) is 0 Å². The Bertz CT molecular complexity index is 1510. The van der Waals surface area contributed by atoms with E-state index in [0.29, 0.717) is 22.8 Å². The molecule has 5 rings (SSSR count). The molecule has 2 aromatic heterocycles. The van der Waals surface area contributed by atoms with Gasteiger partial charge in [-0.3, -0.25) is 9.59 Å². The minimum Gasteiger partial charge on any atom is -0.467 e. The average molecular weight is 564 g/mol. The molecular formula is C25H25F4N7O4. The highest BCUT2D eigenvalue weighted by Crippen LogP contribution is 2.43. The molecule has 1 unspecified atom stereocenters. The first-order chi connectivity index (χ1) is 18.9. The normalized spacial score (nSPS) is 17.2. The largest absolute Gasteiger partial charge is 0.467 e. The number of ether oxygens (including phenoxy) is 2. The van der Waals surface area contributed by atoms with E-state index in [1.165, 1.54) is 22.8 Å². The van der Waals surface area contributed by atoms with Crippen molar-refractivity contribution in [3.05, 3.63) is 57.8 Å². The third-order valence-electron chi connectivity index (χ3n) is 6.77. The first-order valence-electron chi connectivity index (χ1n) is 12.2. The summed E-state index contributed by atoms with van der Waals surface area (Å²) in [6.07, 6.45) is -6.34. The first-order valence-corrected chi connectivity index (χ1v) is 12.2. The molecule has 0 saturated heterocycles. The molecule has 1 amide bonds. The highest BCUT2D eigenvalue weighted by atomic mass is 19.4. The Hall–Kier alpha value is -4.27. The summed E-state index contributed by atoms with van der Waals surface area (Å²) < 4.78 is 68.4. The lowest BCUT2D eigenvalue weighted by Crippen LogP contribution is -2.29. The van der Waals surface area contributed by atoms with Crippen LogP contribution in [0.5, 0.6) is 6.01 Å². The van der Waals surface area contributed by atoms with Gasteiger partial charge in [-0.25, -0.2) is 9.07 Å². The Kier molecular flexibility index (Phi) is 6.85. The number of halogens is 4. The second-order valence-corrected chi connectivity index (χ2v) is 9.59. The molecular weight excluding hydrogens is 538 g/mol. The molecule has 3 aromatic rings. The number of nitrogens with zero attached hydrogens (tertiary/aromatic N) is 6. The molecule has 0 saturated carbocycles. The molecule has 15 heteroatoms. The van der Waals surface area contributed by atoms with Crippen LogP contribution in [0.1, 0.15) is 55.9 Å². The number of nitrogens with two attached hydrogens (primary N) is 1. The van der Waals surface area contributed by atoms with E-state index >= 15 is 0 Å². The maximum atomic E-state index is 15.0. The summed E-state index contributed by atoms with van der Waals surface area (Å²) in [5, 5.41) is 4.18. The number of nitrogen functional groups attached to an aromatic ring is 1. The van der Waals surface area contributed by atoms with Crippen LogP contribution in [0.3, 0.4) is 0 Å². The Balaban J connectivity index is 1.53. The van der Waals surface area contributed by atoms with Crippen LogP contribution in [-0.4, -0.2) is 64.2 Å². The highest BCUT2D eigenvalue weighted by molar-refractivity contribution is 5.93. The topological polar surface area (TPSA) is 129 Å². The van der Waals surface area contributed by atoms with E-state index < -0.39 is 34.9 Å². The van der Waals surface area contributed by atoms with Crippen molar-refractivity contribution >= 4 is 23.3 Å². The molecule has 212 valence electrons. The van der Waals surface area contributed by atoms with Crippen molar-refractivity contribution in [2.45, 2.75) is 38.3 Å². The van der Waals surface area contributed by atoms with E-state index in [2.05, 4.69) is 15.1 Å². The van der Waals surface area contributed by atoms with Crippen molar-refractivity contribution in [3.8, 4) is 6.01 Å². The van der Waals surface area contributed by atoms with Crippen LogP contribution in [0, 0.1) is 5.82 Å². The van der Waals surface area contributed by atoms with Gasteiger partial charge in [-0.1, -0.05) is 0 Å². The minimum absolute atomic E-state index is 0.0400. The summed E-state index contributed by atoms with van der Waals surface area (Å²) in [5.74, 6) is -1.55. The van der Waals surface area contributed by atoms with Crippen LogP contribution in [-0.2, 0) is 30.5 Å². The van der Waals surface area contributed by atoms with Gasteiger partial charge in [-0.15, -0.1) is 0 Å². The van der Waals surface area contributed by atoms with Crippen LogP contribution in [0.2, 0.25) is 0 Å². The van der Waals surface area contributed by atoms with Gasteiger partial charge in [-0.2, -0.15) is 28.2 Å². The molecule has 11 nitrogen and oxygen atoms in total. The Labute approximate surface area is 225 Å². The number of methoxy groups -OCH3 is 1. The van der Waals surface area contributed by atoms with Gasteiger partial charge in [0.2, 0.25) is 5.91 Å². The fourth-order valence-electron chi connectivity index (χ4n) is 4.81. The number of carbonyl (C=O) groups is 2. The van der Waals surface area contributed by atoms with Gasteiger partial charge in [-0.05, 0) is 18.2 Å². The molecule has 0 aliphatic carbocycles. The molecule has 1 atom stereocenters. The molecule has 1 aromatic carbocycles. The summed E-state index contributed by atoms with van der Waals surface area (Å²) in [5.41, 5.74) is 4.60. The van der Waals surface area contributed by atoms with Gasteiger partial charge >= 0.3 is 12.2 Å². The number of hydrogen-bond donors (Lipinski definition) is 1. The number of alkyl halides is 3. The number of benzene rings is 1. The fourth-order valence-corrected chi connectivity index (χ4v) is 4.81. The van der Waals surface area contributed by atoms with Crippen molar-refractivity contribution in [2.75, 3.05) is 38.4 Å². The number of amides is 1. The molecule has 2 aliphatic heterocycles. The highest BCUT2D eigenvalue weighted by Gasteiger charge is 2.40. The summed E-state index contributed by atoms with van der Waals surface area (Å²) in [6, 6.07) is 3.05. The van der Waals surface area contributed by atoms with E-state index in [-0.39, 0.29) is 56.1 Å². The van der Waals surface area contributed by atoms with Crippen LogP contribution in [0.25, 0.3) is 0 Å². The van der Waals surface area contributed by atoms with Gasteiger partial charge in [0, 0.05) is 44.6 Å². The quantitative estimate of drug-likeness (QED) is 0.376. The lowest BCUT2D eigenvalue weighted by atomic mass is 9.94. The van der Waals surface area contributed by atoms with E-state index in [1.54, 1.807) is 19.0 Å². The second kappa shape index (κ2) is 10.0. The Morgan fingerprint density at radius 3 is 2.67 bits per heavy atom. The van der Waals surface area contributed by atoms with Crippen LogP contribution in [0.15, 0.2) is 18.2 Å². The molecule has 2 N–H and O–H groups in total. The van der Waals surface area contributed by atoms with Gasteiger partial charge < -0.3 is 25.0 Å². The van der Waals surface area contributed by atoms with Crippen molar-refractivity contribution in [2.24, 2.45) is 0 Å². The smallest absolute Gasteiger partial charge is 0.416 e. The minimum atomic E-state index is -4.84. The number of hydrogen-bond acceptors (Lipinski definition) is 9. The molecule has 40 heavy (non-hydrogen) atoms. The Morgan fingerprint density at radius 2 is 2.00 bits per heavy atom. The lowest BCUT2D eigenvalue weighted by Gasteiger charge is -2.31. The number of anilines is 2. The molecule has 2 aliphatic rings. The monoisotopic (exact) mass is 563 g/mol. The zero-order valence-electron chi connectivity index (χ0n) is 21.8. The van der Waals surface area contributed by atoms with Crippen molar-refractivity contribution < 1.29 is 36.6 Å². The zero-order valence-corrected chi connectivity index (χ0v) is 21.8. The third-order valence-corrected chi connectivity index (χ3v) is 6.77. The van der Waals surface area contributed by atoms with Crippen LogP contribution >= 0.6 is 0 Å². The van der Waals surface area contributed by atoms with Gasteiger partial charge in [0.1, 0.15) is 5.82 Å². The molecule has 4 heterocycles. The Morgan fingerprint density at radius 1 is 1.25 bits per heavy atom. The molecule has 0 fully saturated rings. The predicted molar refractivity (Wildman–Crippen MR) is 132 cm³/mol. The van der Waals surface area contributed by atoms with E-state index in [9.17, 15) is 27.2 Å². The second-order valence-electron chi connectivity index (χ2n) is 9.59. The average Bonchev–Trinajstić information content (AvgIpc) is 3.27. The maximum absolute atomic E-state index is 15.0. The summed E-state index contributed by atoms with van der Waals surface area (Å²) in [6.45, 7) is 0.119. The number of rotatable bonds is 4. The van der Waals surface area contributed by atoms with E-state index in [0.717, 1.165) is 12.1 Å². The van der Waals surface area contributed by atoms with Gasteiger partial charge in [0.05, 0.1) is 49.0 Å². The molecule has 0 bridgehead atoms. The third kappa shape index (κ3) is 4.80. The van der Waals surface area contributed by atoms with Gasteiger partial charge in [0.15, 0.2) is 11.5 Å². The number of aromatic nitrogens is 4. The standard InChI is InChI=1S/C25H25F4N7O4/c1-34(2)23(38)17-8-12-10-35(7-6-19(37)36(12)33-17)22-13-11-40-18(9-16(13)31-24(32-22)39-3)20-14(25(27,28)29)4-5-15(30)21(20)26/h4-5,8,18H,6-7,9-11,30H2,1-3H3.